The second-order valence-electron chi connectivity index (χ2n) is 4.36. The van der Waals surface area contributed by atoms with Crippen LogP contribution in [-0.4, -0.2) is 16.8 Å². The summed E-state index contributed by atoms with van der Waals surface area (Å²) in [6, 6.07) is 11.1. The van der Waals surface area contributed by atoms with E-state index in [1.54, 1.807) is 31.2 Å². The number of hydrogen-bond donors (Lipinski definition) is 3. The van der Waals surface area contributed by atoms with Crippen LogP contribution >= 0.6 is 0 Å². The topological polar surface area (TPSA) is 91.1 Å². The van der Waals surface area contributed by atoms with Crippen molar-refractivity contribution < 1.29 is 9.59 Å². The molecule has 21 heavy (non-hydrogen) atoms. The number of hydrogen-bond acceptors (Lipinski definition) is 3. The van der Waals surface area contributed by atoms with Crippen molar-refractivity contribution in [1.29, 1.82) is 0 Å². The zero-order valence-corrected chi connectivity index (χ0v) is 11.5. The summed E-state index contributed by atoms with van der Waals surface area (Å²) in [4.78, 5) is 36.8. The smallest absolute Gasteiger partial charge is 0.272 e. The zero-order valence-electron chi connectivity index (χ0n) is 11.5. The monoisotopic (exact) mass is 285 g/mol. The van der Waals surface area contributed by atoms with E-state index >= 15 is 0 Å². The normalized spacial score (nSPS) is 9.95. The summed E-state index contributed by atoms with van der Waals surface area (Å²) >= 11 is 0. The Morgan fingerprint density at radius 2 is 1.62 bits per heavy atom. The Labute approximate surface area is 121 Å². The molecular weight excluding hydrogens is 270 g/mol. The van der Waals surface area contributed by atoms with Crippen molar-refractivity contribution in [3.05, 3.63) is 58.5 Å². The standard InChI is InChI=1S/C15H15N3O3/c1-2-13(19)16-10-6-8-11(9-7-10)17-15(21)12-4-3-5-14(20)18-12/h3-9H,2H2,1H3,(H,16,19)(H,17,21)(H,18,20). The molecule has 0 aliphatic heterocycles. The first-order valence-corrected chi connectivity index (χ1v) is 6.49. The molecule has 1 aromatic carbocycles. The molecule has 2 rings (SSSR count). The van der Waals surface area contributed by atoms with E-state index in [9.17, 15) is 14.4 Å². The first-order chi connectivity index (χ1) is 10.1. The third-order valence-corrected chi connectivity index (χ3v) is 2.76. The van der Waals surface area contributed by atoms with E-state index in [0.29, 0.717) is 17.8 Å². The van der Waals surface area contributed by atoms with Gasteiger partial charge in [-0.1, -0.05) is 13.0 Å². The highest BCUT2D eigenvalue weighted by Crippen LogP contribution is 2.14. The van der Waals surface area contributed by atoms with Gasteiger partial charge in [-0.05, 0) is 30.3 Å². The zero-order chi connectivity index (χ0) is 15.2. The first kappa shape index (κ1) is 14.5. The lowest BCUT2D eigenvalue weighted by Crippen LogP contribution is -2.17. The lowest BCUT2D eigenvalue weighted by molar-refractivity contribution is -0.115. The molecule has 108 valence electrons. The lowest BCUT2D eigenvalue weighted by atomic mass is 10.2. The number of benzene rings is 1. The van der Waals surface area contributed by atoms with E-state index in [-0.39, 0.29) is 17.2 Å². The molecule has 0 saturated carbocycles. The summed E-state index contributed by atoms with van der Waals surface area (Å²) in [6.07, 6.45) is 0.403. The number of rotatable bonds is 4. The molecule has 1 aromatic heterocycles. The third-order valence-electron chi connectivity index (χ3n) is 2.76. The molecule has 0 aliphatic carbocycles. The molecule has 0 spiro atoms. The molecule has 0 aliphatic rings. The van der Waals surface area contributed by atoms with Gasteiger partial charge in [-0.2, -0.15) is 0 Å². The SMILES string of the molecule is CCC(=O)Nc1ccc(NC(=O)c2cccc(=O)[nH]2)cc1. The summed E-state index contributed by atoms with van der Waals surface area (Å²) < 4.78 is 0. The molecule has 2 aromatic rings. The predicted molar refractivity (Wildman–Crippen MR) is 80.4 cm³/mol. The van der Waals surface area contributed by atoms with E-state index in [1.165, 1.54) is 18.2 Å². The number of aromatic amines is 1. The summed E-state index contributed by atoms with van der Waals surface area (Å²) in [6.45, 7) is 1.77. The maximum absolute atomic E-state index is 11.9. The van der Waals surface area contributed by atoms with Gasteiger partial charge in [-0.15, -0.1) is 0 Å². The predicted octanol–water partition coefficient (Wildman–Crippen LogP) is 1.98. The molecule has 6 heteroatoms. The van der Waals surface area contributed by atoms with E-state index in [2.05, 4.69) is 15.6 Å². The summed E-state index contributed by atoms with van der Waals surface area (Å²) in [7, 11) is 0. The number of carbonyl (C=O) groups excluding carboxylic acids is 2. The first-order valence-electron chi connectivity index (χ1n) is 6.49. The molecule has 0 saturated heterocycles. The molecule has 0 bridgehead atoms. The summed E-state index contributed by atoms with van der Waals surface area (Å²) in [5, 5.41) is 5.37. The van der Waals surface area contributed by atoms with Crippen molar-refractivity contribution in [2.45, 2.75) is 13.3 Å². The van der Waals surface area contributed by atoms with Gasteiger partial charge in [0.2, 0.25) is 11.5 Å². The number of anilines is 2. The average molecular weight is 285 g/mol. The van der Waals surface area contributed by atoms with Gasteiger partial charge in [0.15, 0.2) is 0 Å². The van der Waals surface area contributed by atoms with Crippen molar-refractivity contribution in [2.24, 2.45) is 0 Å². The Hall–Kier alpha value is -2.89. The highest BCUT2D eigenvalue weighted by molar-refractivity contribution is 6.03. The van der Waals surface area contributed by atoms with Crippen molar-refractivity contribution in [3.8, 4) is 0 Å². The van der Waals surface area contributed by atoms with Crippen molar-refractivity contribution in [1.82, 2.24) is 4.98 Å². The maximum Gasteiger partial charge on any atom is 0.272 e. The van der Waals surface area contributed by atoms with Crippen LogP contribution in [0.1, 0.15) is 23.8 Å². The highest BCUT2D eigenvalue weighted by Gasteiger charge is 2.06. The Morgan fingerprint density at radius 3 is 2.19 bits per heavy atom. The van der Waals surface area contributed by atoms with Crippen LogP contribution in [0, 0.1) is 0 Å². The number of H-pyrrole nitrogens is 1. The number of aromatic nitrogens is 1. The van der Waals surface area contributed by atoms with Gasteiger partial charge < -0.3 is 15.6 Å². The molecule has 0 fully saturated rings. The molecule has 2 amide bonds. The van der Waals surface area contributed by atoms with Crippen LogP contribution in [0.2, 0.25) is 0 Å². The average Bonchev–Trinajstić information content (AvgIpc) is 2.49. The summed E-state index contributed by atoms with van der Waals surface area (Å²) in [5.41, 5.74) is 1.08. The van der Waals surface area contributed by atoms with Gasteiger partial charge >= 0.3 is 0 Å². The largest absolute Gasteiger partial charge is 0.326 e. The fourth-order valence-corrected chi connectivity index (χ4v) is 1.66. The fourth-order valence-electron chi connectivity index (χ4n) is 1.66. The van der Waals surface area contributed by atoms with Gasteiger partial charge in [0.1, 0.15) is 5.69 Å². The van der Waals surface area contributed by atoms with Gasteiger partial charge in [0, 0.05) is 23.9 Å². The molecule has 1 heterocycles. The van der Waals surface area contributed by atoms with Crippen molar-refractivity contribution in [3.63, 3.8) is 0 Å². The van der Waals surface area contributed by atoms with Crippen molar-refractivity contribution in [2.75, 3.05) is 10.6 Å². The Kier molecular flexibility index (Phi) is 4.50. The molecule has 0 atom stereocenters. The van der Waals surface area contributed by atoms with Crippen LogP contribution in [0.15, 0.2) is 47.3 Å². The highest BCUT2D eigenvalue weighted by atomic mass is 16.2. The molecular formula is C15H15N3O3. The van der Waals surface area contributed by atoms with Gasteiger partial charge in [-0.3, -0.25) is 14.4 Å². The Bertz CT molecular complexity index is 705. The Balaban J connectivity index is 2.05. The fraction of sp³-hybridized carbons (Fsp3) is 0.133. The van der Waals surface area contributed by atoms with Crippen LogP contribution in [0.4, 0.5) is 11.4 Å². The number of pyridine rings is 1. The quantitative estimate of drug-likeness (QED) is 0.802. The van der Waals surface area contributed by atoms with Crippen LogP contribution in [0.3, 0.4) is 0 Å². The lowest BCUT2D eigenvalue weighted by Gasteiger charge is -2.07. The van der Waals surface area contributed by atoms with Crippen LogP contribution < -0.4 is 16.2 Å². The number of nitrogens with one attached hydrogen (secondary N) is 3. The van der Waals surface area contributed by atoms with Gasteiger partial charge in [0.05, 0.1) is 0 Å². The molecule has 0 unspecified atom stereocenters. The minimum Gasteiger partial charge on any atom is -0.326 e. The molecule has 6 nitrogen and oxygen atoms in total. The minimum atomic E-state index is -0.405. The minimum absolute atomic E-state index is 0.0753. The van der Waals surface area contributed by atoms with Crippen molar-refractivity contribution >= 4 is 23.2 Å². The van der Waals surface area contributed by atoms with E-state index in [1.807, 2.05) is 0 Å². The van der Waals surface area contributed by atoms with Crippen LogP contribution in [0.5, 0.6) is 0 Å². The Morgan fingerprint density at radius 1 is 1.00 bits per heavy atom. The number of carbonyl (C=O) groups is 2. The van der Waals surface area contributed by atoms with Gasteiger partial charge in [-0.25, -0.2) is 0 Å². The third kappa shape index (κ3) is 4.04. The molecule has 0 radical (unpaired) electrons. The molecule has 3 N–H and O–H groups in total. The van der Waals surface area contributed by atoms with E-state index in [4.69, 9.17) is 0 Å². The maximum atomic E-state index is 11.9. The van der Waals surface area contributed by atoms with Crippen LogP contribution in [-0.2, 0) is 4.79 Å². The second kappa shape index (κ2) is 6.51. The second-order valence-corrected chi connectivity index (χ2v) is 4.36. The van der Waals surface area contributed by atoms with Gasteiger partial charge in [0.25, 0.3) is 5.91 Å². The van der Waals surface area contributed by atoms with E-state index in [0.717, 1.165) is 0 Å². The van der Waals surface area contributed by atoms with E-state index < -0.39 is 5.91 Å². The number of amides is 2. The summed E-state index contributed by atoms with van der Waals surface area (Å²) in [5.74, 6) is -0.480. The van der Waals surface area contributed by atoms with Crippen LogP contribution in [0.25, 0.3) is 0 Å².